The summed E-state index contributed by atoms with van der Waals surface area (Å²) in [5.41, 5.74) is 3.63. The van der Waals surface area contributed by atoms with Crippen LogP contribution in [-0.4, -0.2) is 32.4 Å². The van der Waals surface area contributed by atoms with Crippen molar-refractivity contribution >= 4 is 17.8 Å². The minimum Gasteiger partial charge on any atom is -0.493 e. The number of carbonyl (C=O) groups is 1. The number of benzene rings is 2. The van der Waals surface area contributed by atoms with Crippen molar-refractivity contribution in [3.05, 3.63) is 53.1 Å². The highest BCUT2D eigenvalue weighted by Gasteiger charge is 2.06. The van der Waals surface area contributed by atoms with Crippen LogP contribution in [0.1, 0.15) is 23.6 Å². The molecule has 2 aromatic rings. The number of hydrogen-bond acceptors (Lipinski definition) is 5. The fourth-order valence-electron chi connectivity index (χ4n) is 2.29. The largest absolute Gasteiger partial charge is 0.493 e. The third-order valence-corrected chi connectivity index (χ3v) is 3.63. The Bertz CT molecular complexity index is 787. The van der Waals surface area contributed by atoms with Crippen molar-refractivity contribution in [2.75, 3.05) is 25.6 Å². The summed E-state index contributed by atoms with van der Waals surface area (Å²) in [5, 5.41) is 6.65. The highest BCUT2D eigenvalue weighted by molar-refractivity contribution is 5.92. The predicted molar refractivity (Wildman–Crippen MR) is 102 cm³/mol. The molecule has 0 saturated heterocycles. The van der Waals surface area contributed by atoms with Gasteiger partial charge in [-0.1, -0.05) is 17.3 Å². The summed E-state index contributed by atoms with van der Waals surface area (Å²) in [6.07, 6.45) is 1.52. The summed E-state index contributed by atoms with van der Waals surface area (Å²) >= 11 is 0. The number of anilines is 1. The van der Waals surface area contributed by atoms with Gasteiger partial charge in [-0.2, -0.15) is 0 Å². The molecular formula is C20H24N2O4. The lowest BCUT2D eigenvalue weighted by molar-refractivity contribution is -0.120. The van der Waals surface area contributed by atoms with Crippen molar-refractivity contribution in [1.82, 2.24) is 0 Å². The number of aryl methyl sites for hydroxylation is 2. The number of amides is 1. The van der Waals surface area contributed by atoms with E-state index in [2.05, 4.69) is 10.5 Å². The summed E-state index contributed by atoms with van der Waals surface area (Å²) in [5.74, 6) is 1.02. The lowest BCUT2D eigenvalue weighted by Gasteiger charge is -2.09. The van der Waals surface area contributed by atoms with Crippen molar-refractivity contribution in [3.63, 3.8) is 0 Å². The number of hydrogen-bond donors (Lipinski definition) is 1. The van der Waals surface area contributed by atoms with Gasteiger partial charge in [0.05, 0.1) is 19.9 Å². The van der Waals surface area contributed by atoms with Gasteiger partial charge in [0.2, 0.25) is 0 Å². The van der Waals surface area contributed by atoms with E-state index in [1.54, 1.807) is 19.2 Å². The van der Waals surface area contributed by atoms with E-state index in [1.165, 1.54) is 6.21 Å². The van der Waals surface area contributed by atoms with E-state index in [1.807, 2.05) is 45.0 Å². The summed E-state index contributed by atoms with van der Waals surface area (Å²) in [6, 6.07) is 11.3. The van der Waals surface area contributed by atoms with Crippen LogP contribution in [0.25, 0.3) is 0 Å². The molecule has 0 spiro atoms. The van der Waals surface area contributed by atoms with E-state index < -0.39 is 0 Å². The monoisotopic (exact) mass is 356 g/mol. The van der Waals surface area contributed by atoms with Crippen LogP contribution >= 0.6 is 0 Å². The Morgan fingerprint density at radius 3 is 2.69 bits per heavy atom. The maximum Gasteiger partial charge on any atom is 0.265 e. The van der Waals surface area contributed by atoms with Crippen molar-refractivity contribution < 1.29 is 19.1 Å². The maximum atomic E-state index is 12.0. The number of ether oxygens (including phenoxy) is 2. The Hall–Kier alpha value is -3.02. The average molecular weight is 356 g/mol. The second-order valence-electron chi connectivity index (χ2n) is 5.72. The topological polar surface area (TPSA) is 69.2 Å². The zero-order valence-electron chi connectivity index (χ0n) is 15.5. The molecule has 0 heterocycles. The van der Waals surface area contributed by atoms with Crippen molar-refractivity contribution in [2.24, 2.45) is 5.16 Å². The SMILES string of the molecule is CCOc1ccc(C=NOCC(=O)Nc2cc(C)ccc2C)cc1OC. The quantitative estimate of drug-likeness (QED) is 0.578. The van der Waals surface area contributed by atoms with E-state index in [4.69, 9.17) is 14.3 Å². The maximum absolute atomic E-state index is 12.0. The fraction of sp³-hybridized carbons (Fsp3) is 0.300. The average Bonchev–Trinajstić information content (AvgIpc) is 2.63. The van der Waals surface area contributed by atoms with Gasteiger partial charge in [-0.25, -0.2) is 0 Å². The van der Waals surface area contributed by atoms with E-state index in [9.17, 15) is 4.79 Å². The molecule has 2 aromatic carbocycles. The summed E-state index contributed by atoms with van der Waals surface area (Å²) in [7, 11) is 1.58. The first-order valence-corrected chi connectivity index (χ1v) is 8.36. The molecular weight excluding hydrogens is 332 g/mol. The molecule has 0 aliphatic rings. The zero-order valence-corrected chi connectivity index (χ0v) is 15.5. The highest BCUT2D eigenvalue weighted by atomic mass is 16.6. The first-order chi connectivity index (χ1) is 12.5. The third-order valence-electron chi connectivity index (χ3n) is 3.63. The molecule has 26 heavy (non-hydrogen) atoms. The van der Waals surface area contributed by atoms with Gasteiger partial charge in [0, 0.05) is 11.3 Å². The van der Waals surface area contributed by atoms with Crippen LogP contribution in [0.5, 0.6) is 11.5 Å². The smallest absolute Gasteiger partial charge is 0.265 e. The molecule has 0 radical (unpaired) electrons. The minimum absolute atomic E-state index is 0.169. The lowest BCUT2D eigenvalue weighted by atomic mass is 10.1. The van der Waals surface area contributed by atoms with Crippen molar-refractivity contribution in [1.29, 1.82) is 0 Å². The van der Waals surface area contributed by atoms with Gasteiger partial charge < -0.3 is 19.6 Å². The molecule has 138 valence electrons. The Balaban J connectivity index is 1.88. The molecule has 0 aliphatic carbocycles. The second kappa shape index (κ2) is 9.46. The van der Waals surface area contributed by atoms with Crippen LogP contribution in [0, 0.1) is 13.8 Å². The molecule has 2 rings (SSSR count). The fourth-order valence-corrected chi connectivity index (χ4v) is 2.29. The lowest BCUT2D eigenvalue weighted by Crippen LogP contribution is -2.17. The van der Waals surface area contributed by atoms with Gasteiger partial charge in [0.25, 0.3) is 5.91 Å². The molecule has 0 saturated carbocycles. The van der Waals surface area contributed by atoms with Gasteiger partial charge >= 0.3 is 0 Å². The minimum atomic E-state index is -0.264. The summed E-state index contributed by atoms with van der Waals surface area (Å²) in [6.45, 7) is 6.21. The number of carbonyl (C=O) groups excluding carboxylic acids is 1. The van der Waals surface area contributed by atoms with Crippen LogP contribution in [0.4, 0.5) is 5.69 Å². The zero-order chi connectivity index (χ0) is 18.9. The molecule has 0 unspecified atom stereocenters. The molecule has 0 bridgehead atoms. The van der Waals surface area contributed by atoms with E-state index in [-0.39, 0.29) is 12.5 Å². The normalized spacial score (nSPS) is 10.6. The van der Waals surface area contributed by atoms with Crippen LogP contribution in [0.3, 0.4) is 0 Å². The van der Waals surface area contributed by atoms with Gasteiger partial charge in [0.15, 0.2) is 18.1 Å². The van der Waals surface area contributed by atoms with Crippen molar-refractivity contribution in [2.45, 2.75) is 20.8 Å². The van der Waals surface area contributed by atoms with E-state index in [0.29, 0.717) is 18.1 Å². The standard InChI is InChI=1S/C20H24N2O4/c1-5-25-18-9-8-16(11-19(18)24-4)12-21-26-13-20(23)22-17-10-14(2)6-7-15(17)3/h6-12H,5,13H2,1-4H3,(H,22,23). The number of rotatable bonds is 8. The van der Waals surface area contributed by atoms with Gasteiger partial charge in [-0.05, 0) is 56.2 Å². The van der Waals surface area contributed by atoms with Crippen LogP contribution in [0.15, 0.2) is 41.6 Å². The summed E-state index contributed by atoms with van der Waals surface area (Å²) < 4.78 is 10.7. The number of methoxy groups -OCH3 is 1. The molecule has 0 aromatic heterocycles. The Morgan fingerprint density at radius 2 is 1.96 bits per heavy atom. The number of nitrogens with zero attached hydrogens (tertiary/aromatic N) is 1. The van der Waals surface area contributed by atoms with Crippen LogP contribution < -0.4 is 14.8 Å². The molecule has 1 amide bonds. The molecule has 0 aliphatic heterocycles. The molecule has 1 N–H and O–H groups in total. The molecule has 6 nitrogen and oxygen atoms in total. The predicted octanol–water partition coefficient (Wildman–Crippen LogP) is 3.70. The first-order valence-electron chi connectivity index (χ1n) is 8.36. The summed E-state index contributed by atoms with van der Waals surface area (Å²) in [4.78, 5) is 17.0. The van der Waals surface area contributed by atoms with E-state index >= 15 is 0 Å². The molecule has 0 fully saturated rings. The van der Waals surface area contributed by atoms with Gasteiger partial charge in [-0.3, -0.25) is 4.79 Å². The third kappa shape index (κ3) is 5.51. The number of nitrogens with one attached hydrogen (secondary N) is 1. The molecule has 0 atom stereocenters. The van der Waals surface area contributed by atoms with Crippen LogP contribution in [-0.2, 0) is 9.63 Å². The first kappa shape index (κ1) is 19.3. The second-order valence-corrected chi connectivity index (χ2v) is 5.72. The van der Waals surface area contributed by atoms with Gasteiger partial charge in [0.1, 0.15) is 0 Å². The van der Waals surface area contributed by atoms with Gasteiger partial charge in [-0.15, -0.1) is 0 Å². The van der Waals surface area contributed by atoms with E-state index in [0.717, 1.165) is 22.4 Å². The van der Waals surface area contributed by atoms with Crippen LogP contribution in [0.2, 0.25) is 0 Å². The Kier molecular flexibility index (Phi) is 7.02. The number of oxime groups is 1. The molecule has 6 heteroatoms. The Morgan fingerprint density at radius 1 is 1.15 bits per heavy atom. The van der Waals surface area contributed by atoms with Crippen molar-refractivity contribution in [3.8, 4) is 11.5 Å². The highest BCUT2D eigenvalue weighted by Crippen LogP contribution is 2.27. The Labute approximate surface area is 153 Å².